The molecule has 22 heavy (non-hydrogen) atoms. The summed E-state index contributed by atoms with van der Waals surface area (Å²) in [6, 6.07) is -1.12. The van der Waals surface area contributed by atoms with E-state index in [2.05, 4.69) is 5.32 Å². The normalized spacial score (nSPS) is 23.7. The number of aliphatic hydroxyl groups is 1. The van der Waals surface area contributed by atoms with E-state index in [1.165, 1.54) is 6.92 Å². The van der Waals surface area contributed by atoms with Crippen LogP contribution in [0.25, 0.3) is 0 Å². The molecule has 128 valence electrons. The van der Waals surface area contributed by atoms with Gasteiger partial charge in [-0.3, -0.25) is 14.4 Å². The summed E-state index contributed by atoms with van der Waals surface area (Å²) in [5, 5.41) is 12.7. The molecular formula is C13H21F3N2O4. The maximum Gasteiger partial charge on any atom is 0.397 e. The number of hydrogen-bond acceptors (Lipinski definition) is 4. The van der Waals surface area contributed by atoms with Crippen LogP contribution < -0.4 is 5.32 Å². The number of nitrogens with zero attached hydrogens (tertiary/aromatic N) is 1. The zero-order valence-electron chi connectivity index (χ0n) is 12.7. The van der Waals surface area contributed by atoms with E-state index >= 15 is 0 Å². The molecule has 0 aromatic rings. The van der Waals surface area contributed by atoms with Crippen molar-refractivity contribution in [3.05, 3.63) is 0 Å². The van der Waals surface area contributed by atoms with Crippen molar-refractivity contribution < 1.29 is 32.7 Å². The van der Waals surface area contributed by atoms with E-state index < -0.39 is 36.1 Å². The fourth-order valence-electron chi connectivity index (χ4n) is 2.05. The molecule has 0 bridgehead atoms. The van der Waals surface area contributed by atoms with Gasteiger partial charge in [-0.25, -0.2) is 5.06 Å². The van der Waals surface area contributed by atoms with Gasteiger partial charge in [0.15, 0.2) is 0 Å². The van der Waals surface area contributed by atoms with Gasteiger partial charge in [-0.15, -0.1) is 0 Å². The van der Waals surface area contributed by atoms with Gasteiger partial charge in [-0.2, -0.15) is 13.2 Å². The van der Waals surface area contributed by atoms with Crippen molar-refractivity contribution in [2.75, 3.05) is 13.2 Å². The minimum absolute atomic E-state index is 0.0248. The third kappa shape index (κ3) is 6.18. The van der Waals surface area contributed by atoms with Crippen molar-refractivity contribution in [1.29, 1.82) is 0 Å². The lowest BCUT2D eigenvalue weighted by atomic mass is 10.0. The first-order chi connectivity index (χ1) is 9.89. The smallest absolute Gasteiger partial charge is 0.386 e. The Morgan fingerprint density at radius 3 is 2.41 bits per heavy atom. The highest BCUT2D eigenvalue weighted by molar-refractivity contribution is 5.87. The second-order valence-electron chi connectivity index (χ2n) is 6.19. The first-order valence-corrected chi connectivity index (χ1v) is 6.92. The predicted molar refractivity (Wildman–Crippen MR) is 70.3 cm³/mol. The zero-order valence-corrected chi connectivity index (χ0v) is 12.7. The SMILES string of the molecule is CC(C)C[C@H](NC(=O)CC(F)(F)F)C(=O)N1CC(C)(O)CO1. The summed E-state index contributed by atoms with van der Waals surface area (Å²) in [4.78, 5) is 28.7. The molecule has 1 unspecified atom stereocenters. The number of hydroxylamine groups is 2. The standard InChI is InChI=1S/C13H21F3N2O4/c1-8(2)4-9(17-10(19)5-13(14,15)16)11(20)18-6-12(3,21)7-22-18/h8-9,21H,4-7H2,1-3H3,(H,17,19)/t9-,12?/m0/s1. The van der Waals surface area contributed by atoms with Crippen molar-refractivity contribution in [1.82, 2.24) is 10.4 Å². The number of nitrogens with one attached hydrogen (secondary N) is 1. The molecule has 9 heteroatoms. The van der Waals surface area contributed by atoms with Crippen molar-refractivity contribution in [3.8, 4) is 0 Å². The van der Waals surface area contributed by atoms with Crippen LogP contribution >= 0.6 is 0 Å². The Labute approximate surface area is 126 Å². The van der Waals surface area contributed by atoms with Crippen LogP contribution in [-0.2, 0) is 14.4 Å². The maximum atomic E-state index is 12.3. The Kier molecular flexibility index (Phi) is 5.80. The first-order valence-electron chi connectivity index (χ1n) is 6.92. The molecule has 0 radical (unpaired) electrons. The lowest BCUT2D eigenvalue weighted by molar-refractivity contribution is -0.173. The van der Waals surface area contributed by atoms with Gasteiger partial charge in [-0.1, -0.05) is 13.8 Å². The molecule has 1 heterocycles. The van der Waals surface area contributed by atoms with Crippen molar-refractivity contribution in [2.24, 2.45) is 5.92 Å². The van der Waals surface area contributed by atoms with E-state index in [9.17, 15) is 27.9 Å². The number of β-amino-alcohol motifs (C(OH)–C–C–N with tert-alkyl or cyclic N) is 1. The summed E-state index contributed by atoms with van der Waals surface area (Å²) in [6.45, 7) is 4.83. The van der Waals surface area contributed by atoms with Gasteiger partial charge in [0.05, 0.1) is 6.54 Å². The van der Waals surface area contributed by atoms with Gasteiger partial charge in [-0.05, 0) is 19.3 Å². The van der Waals surface area contributed by atoms with Crippen LogP contribution in [0.1, 0.15) is 33.6 Å². The van der Waals surface area contributed by atoms with Crippen LogP contribution in [0.5, 0.6) is 0 Å². The van der Waals surface area contributed by atoms with Crippen molar-refractivity contribution in [2.45, 2.75) is 51.4 Å². The summed E-state index contributed by atoms with van der Waals surface area (Å²) >= 11 is 0. The summed E-state index contributed by atoms with van der Waals surface area (Å²) in [7, 11) is 0. The average Bonchev–Trinajstić information content (AvgIpc) is 2.64. The van der Waals surface area contributed by atoms with Crippen molar-refractivity contribution >= 4 is 11.8 Å². The molecule has 0 saturated carbocycles. The molecule has 0 aromatic carbocycles. The number of carbonyl (C=O) groups is 2. The Bertz CT molecular complexity index is 424. The first kappa shape index (κ1) is 18.7. The molecule has 0 aromatic heterocycles. The quantitative estimate of drug-likeness (QED) is 0.790. The third-order valence-electron chi connectivity index (χ3n) is 2.96. The minimum atomic E-state index is -4.64. The Morgan fingerprint density at radius 2 is 2.00 bits per heavy atom. The fourth-order valence-corrected chi connectivity index (χ4v) is 2.05. The average molecular weight is 326 g/mol. The molecule has 1 aliphatic heterocycles. The number of carbonyl (C=O) groups excluding carboxylic acids is 2. The second kappa shape index (κ2) is 6.82. The number of hydrogen-bond donors (Lipinski definition) is 2. The Morgan fingerprint density at radius 1 is 1.41 bits per heavy atom. The summed E-state index contributed by atoms with van der Waals surface area (Å²) < 4.78 is 36.6. The number of rotatable bonds is 5. The van der Waals surface area contributed by atoms with Crippen LogP contribution in [0, 0.1) is 5.92 Å². The maximum absolute atomic E-state index is 12.3. The number of alkyl halides is 3. The lowest BCUT2D eigenvalue weighted by Gasteiger charge is -2.24. The topological polar surface area (TPSA) is 78.9 Å². The van der Waals surface area contributed by atoms with Crippen LogP contribution in [0.4, 0.5) is 13.2 Å². The summed E-state index contributed by atoms with van der Waals surface area (Å²) in [5.74, 6) is -1.96. The number of amides is 2. The van der Waals surface area contributed by atoms with Crippen LogP contribution in [-0.4, -0.2) is 53.0 Å². The van der Waals surface area contributed by atoms with E-state index in [1.54, 1.807) is 13.8 Å². The Balaban J connectivity index is 2.72. The zero-order chi connectivity index (χ0) is 17.1. The Hall–Kier alpha value is -1.35. The van der Waals surface area contributed by atoms with Gasteiger partial charge in [0, 0.05) is 0 Å². The van der Waals surface area contributed by atoms with Gasteiger partial charge < -0.3 is 10.4 Å². The van der Waals surface area contributed by atoms with Crippen molar-refractivity contribution in [3.63, 3.8) is 0 Å². The highest BCUT2D eigenvalue weighted by Crippen LogP contribution is 2.21. The van der Waals surface area contributed by atoms with E-state index in [4.69, 9.17) is 4.84 Å². The molecule has 1 aliphatic rings. The largest absolute Gasteiger partial charge is 0.397 e. The molecular weight excluding hydrogens is 305 g/mol. The van der Waals surface area contributed by atoms with Gasteiger partial charge in [0.2, 0.25) is 5.91 Å². The highest BCUT2D eigenvalue weighted by atomic mass is 19.4. The monoisotopic (exact) mass is 326 g/mol. The number of halogens is 3. The summed E-state index contributed by atoms with van der Waals surface area (Å²) in [5.41, 5.74) is -1.21. The van der Waals surface area contributed by atoms with Gasteiger partial charge >= 0.3 is 6.18 Å². The minimum Gasteiger partial charge on any atom is -0.386 e. The van der Waals surface area contributed by atoms with E-state index in [1.807, 2.05) is 0 Å². The van der Waals surface area contributed by atoms with E-state index in [0.29, 0.717) is 0 Å². The van der Waals surface area contributed by atoms with Crippen LogP contribution in [0.2, 0.25) is 0 Å². The molecule has 0 spiro atoms. The van der Waals surface area contributed by atoms with E-state index in [-0.39, 0.29) is 25.5 Å². The second-order valence-corrected chi connectivity index (χ2v) is 6.19. The molecule has 2 amide bonds. The van der Waals surface area contributed by atoms with E-state index in [0.717, 1.165) is 5.06 Å². The third-order valence-corrected chi connectivity index (χ3v) is 2.96. The fraction of sp³-hybridized carbons (Fsp3) is 0.846. The molecule has 2 N–H and O–H groups in total. The predicted octanol–water partition coefficient (Wildman–Crippen LogP) is 0.994. The summed E-state index contributed by atoms with van der Waals surface area (Å²) in [6.07, 6.45) is -6.11. The van der Waals surface area contributed by atoms with Crippen LogP contribution in [0.3, 0.4) is 0 Å². The molecule has 2 atom stereocenters. The highest BCUT2D eigenvalue weighted by Gasteiger charge is 2.39. The van der Waals surface area contributed by atoms with Gasteiger partial charge in [0.25, 0.3) is 5.91 Å². The molecule has 1 rings (SSSR count). The molecule has 1 saturated heterocycles. The lowest BCUT2D eigenvalue weighted by Crippen LogP contribution is -2.49. The molecule has 6 nitrogen and oxygen atoms in total. The molecule has 0 aliphatic carbocycles. The molecule has 1 fully saturated rings. The van der Waals surface area contributed by atoms with Gasteiger partial charge in [0.1, 0.15) is 24.7 Å². The van der Waals surface area contributed by atoms with Crippen LogP contribution in [0.15, 0.2) is 0 Å².